The number of thiocarbonyl (C=S) groups is 1. The van der Waals surface area contributed by atoms with Crippen LogP contribution in [0.15, 0.2) is 34.9 Å². The number of aryl methyl sites for hydroxylation is 1. The van der Waals surface area contributed by atoms with E-state index in [1.807, 2.05) is 31.3 Å². The molecule has 0 spiro atoms. The minimum absolute atomic E-state index is 0.548. The minimum atomic E-state index is 0.548. The number of hydrogen-bond donors (Lipinski definition) is 2. The largest absolute Gasteiger partial charge is 0.497 e. The van der Waals surface area contributed by atoms with Crippen molar-refractivity contribution >= 4 is 38.9 Å². The van der Waals surface area contributed by atoms with Gasteiger partial charge < -0.3 is 15.4 Å². The van der Waals surface area contributed by atoms with Crippen LogP contribution in [0.1, 0.15) is 5.69 Å². The average molecular weight is 355 g/mol. The summed E-state index contributed by atoms with van der Waals surface area (Å²) >= 11 is 8.72. The van der Waals surface area contributed by atoms with Gasteiger partial charge in [0, 0.05) is 18.8 Å². The van der Waals surface area contributed by atoms with Crippen LogP contribution < -0.4 is 15.4 Å². The fourth-order valence-electron chi connectivity index (χ4n) is 1.68. The second-order valence-corrected chi connectivity index (χ2v) is 5.37. The molecular formula is C13H15BrN4OS. The molecule has 1 aromatic heterocycles. The summed E-state index contributed by atoms with van der Waals surface area (Å²) in [5, 5.41) is 11.0. The van der Waals surface area contributed by atoms with Gasteiger partial charge in [-0.05, 0) is 40.3 Å². The number of benzene rings is 1. The van der Waals surface area contributed by atoms with Crippen molar-refractivity contribution in [2.24, 2.45) is 7.05 Å². The van der Waals surface area contributed by atoms with Gasteiger partial charge in [0.15, 0.2) is 5.11 Å². The Morgan fingerprint density at radius 2 is 2.30 bits per heavy atom. The Hall–Kier alpha value is -1.60. The minimum Gasteiger partial charge on any atom is -0.497 e. The van der Waals surface area contributed by atoms with E-state index in [-0.39, 0.29) is 0 Å². The molecule has 0 bridgehead atoms. The maximum absolute atomic E-state index is 5.27. The van der Waals surface area contributed by atoms with Gasteiger partial charge in [-0.25, -0.2) is 0 Å². The van der Waals surface area contributed by atoms with Crippen molar-refractivity contribution in [3.05, 3.63) is 40.6 Å². The lowest BCUT2D eigenvalue weighted by Crippen LogP contribution is -2.28. The standard InChI is InChI=1S/C13H15BrN4OS/c1-18-12(11(14)7-16-18)8-15-13(20)17-9-4-3-5-10(6-9)19-2/h3-7H,8H2,1-2H3,(H2,15,17,20). The number of anilines is 1. The van der Waals surface area contributed by atoms with E-state index in [2.05, 4.69) is 31.7 Å². The van der Waals surface area contributed by atoms with Crippen molar-refractivity contribution in [3.8, 4) is 5.75 Å². The van der Waals surface area contributed by atoms with Crippen LogP contribution in [0.5, 0.6) is 5.75 Å². The highest BCUT2D eigenvalue weighted by Gasteiger charge is 2.06. The SMILES string of the molecule is COc1cccc(NC(=S)NCc2c(Br)cnn2C)c1. The molecule has 0 atom stereocenters. The molecule has 0 aliphatic heterocycles. The molecule has 106 valence electrons. The number of aromatic nitrogens is 2. The van der Waals surface area contributed by atoms with E-state index >= 15 is 0 Å². The quantitative estimate of drug-likeness (QED) is 0.826. The van der Waals surface area contributed by atoms with Crippen molar-refractivity contribution in [1.29, 1.82) is 0 Å². The predicted molar refractivity (Wildman–Crippen MR) is 87.0 cm³/mol. The molecule has 7 heteroatoms. The summed E-state index contributed by atoms with van der Waals surface area (Å²) in [5.41, 5.74) is 1.91. The molecule has 0 saturated carbocycles. The summed E-state index contributed by atoms with van der Waals surface area (Å²) in [5.74, 6) is 0.784. The van der Waals surface area contributed by atoms with Crippen molar-refractivity contribution in [2.75, 3.05) is 12.4 Å². The van der Waals surface area contributed by atoms with Crippen LogP contribution in [0, 0.1) is 0 Å². The molecule has 2 aromatic rings. The maximum atomic E-state index is 5.27. The Labute approximate surface area is 131 Å². The molecule has 0 saturated heterocycles. The van der Waals surface area contributed by atoms with E-state index in [1.54, 1.807) is 18.0 Å². The third kappa shape index (κ3) is 3.71. The zero-order chi connectivity index (χ0) is 14.5. The number of hydrogen-bond acceptors (Lipinski definition) is 3. The Morgan fingerprint density at radius 3 is 2.95 bits per heavy atom. The molecule has 0 radical (unpaired) electrons. The van der Waals surface area contributed by atoms with Gasteiger partial charge >= 0.3 is 0 Å². The zero-order valence-corrected chi connectivity index (χ0v) is 13.6. The van der Waals surface area contributed by atoms with Gasteiger partial charge in [-0.3, -0.25) is 4.68 Å². The Balaban J connectivity index is 1.92. The monoisotopic (exact) mass is 354 g/mol. The second kappa shape index (κ2) is 6.71. The first-order valence-corrected chi connectivity index (χ1v) is 7.15. The van der Waals surface area contributed by atoms with Gasteiger partial charge in [-0.15, -0.1) is 0 Å². The number of ether oxygens (including phenoxy) is 1. The van der Waals surface area contributed by atoms with Crippen LogP contribution in [0.25, 0.3) is 0 Å². The third-order valence-corrected chi connectivity index (χ3v) is 3.66. The molecule has 0 unspecified atom stereocenters. The smallest absolute Gasteiger partial charge is 0.171 e. The fourth-order valence-corrected chi connectivity index (χ4v) is 2.35. The van der Waals surface area contributed by atoms with Crippen LogP contribution in [0.4, 0.5) is 5.69 Å². The van der Waals surface area contributed by atoms with Crippen molar-refractivity contribution in [1.82, 2.24) is 15.1 Å². The summed E-state index contributed by atoms with van der Waals surface area (Å²) < 4.78 is 7.92. The molecule has 5 nitrogen and oxygen atoms in total. The van der Waals surface area contributed by atoms with E-state index in [4.69, 9.17) is 17.0 Å². The van der Waals surface area contributed by atoms with Crippen molar-refractivity contribution in [2.45, 2.75) is 6.54 Å². The summed E-state index contributed by atoms with van der Waals surface area (Å²) in [6, 6.07) is 7.60. The molecule has 1 heterocycles. The van der Waals surface area contributed by atoms with Crippen molar-refractivity contribution in [3.63, 3.8) is 0 Å². The predicted octanol–water partition coefficient (Wildman–Crippen LogP) is 2.68. The number of nitrogens with one attached hydrogen (secondary N) is 2. The second-order valence-electron chi connectivity index (χ2n) is 4.10. The molecule has 0 aliphatic carbocycles. The van der Waals surface area contributed by atoms with Gasteiger partial charge in [0.1, 0.15) is 5.75 Å². The molecular weight excluding hydrogens is 340 g/mol. The first kappa shape index (κ1) is 14.8. The van der Waals surface area contributed by atoms with E-state index in [1.165, 1.54) is 0 Å². The molecule has 0 amide bonds. The number of methoxy groups -OCH3 is 1. The van der Waals surface area contributed by atoms with Gasteiger partial charge in [0.2, 0.25) is 0 Å². The highest BCUT2D eigenvalue weighted by atomic mass is 79.9. The molecule has 0 fully saturated rings. The van der Waals surface area contributed by atoms with Gasteiger partial charge in [0.05, 0.1) is 30.0 Å². The maximum Gasteiger partial charge on any atom is 0.171 e. The van der Waals surface area contributed by atoms with Crippen LogP contribution in [0.2, 0.25) is 0 Å². The first-order valence-electron chi connectivity index (χ1n) is 5.95. The zero-order valence-electron chi connectivity index (χ0n) is 11.2. The summed E-state index contributed by atoms with van der Waals surface area (Å²) in [6.45, 7) is 0.590. The summed E-state index contributed by atoms with van der Waals surface area (Å²) in [6.07, 6.45) is 1.76. The average Bonchev–Trinajstić information content (AvgIpc) is 2.76. The van der Waals surface area contributed by atoms with Gasteiger partial charge in [0.25, 0.3) is 0 Å². The van der Waals surface area contributed by atoms with E-state index in [9.17, 15) is 0 Å². The van der Waals surface area contributed by atoms with Gasteiger partial charge in [-0.2, -0.15) is 5.10 Å². The van der Waals surface area contributed by atoms with Crippen LogP contribution in [0.3, 0.4) is 0 Å². The number of rotatable bonds is 4. The van der Waals surface area contributed by atoms with Crippen LogP contribution in [-0.2, 0) is 13.6 Å². The molecule has 2 rings (SSSR count). The summed E-state index contributed by atoms with van der Waals surface area (Å²) in [4.78, 5) is 0. The van der Waals surface area contributed by atoms with E-state index in [0.717, 1.165) is 21.6 Å². The first-order chi connectivity index (χ1) is 9.60. The number of halogens is 1. The highest BCUT2D eigenvalue weighted by molar-refractivity contribution is 9.10. The van der Waals surface area contributed by atoms with Crippen molar-refractivity contribution < 1.29 is 4.74 Å². The van der Waals surface area contributed by atoms with E-state index < -0.39 is 0 Å². The Morgan fingerprint density at radius 1 is 1.50 bits per heavy atom. The molecule has 2 N–H and O–H groups in total. The lowest BCUT2D eigenvalue weighted by atomic mass is 10.3. The molecule has 20 heavy (non-hydrogen) atoms. The van der Waals surface area contributed by atoms with Gasteiger partial charge in [-0.1, -0.05) is 6.07 Å². The normalized spacial score (nSPS) is 10.2. The Kier molecular flexibility index (Phi) is 4.97. The Bertz CT molecular complexity index is 595. The lowest BCUT2D eigenvalue weighted by Gasteiger charge is -2.11. The van der Waals surface area contributed by atoms with Crippen LogP contribution in [-0.4, -0.2) is 22.0 Å². The highest BCUT2D eigenvalue weighted by Crippen LogP contribution is 2.17. The van der Waals surface area contributed by atoms with E-state index in [0.29, 0.717) is 11.7 Å². The number of nitrogens with zero attached hydrogens (tertiary/aromatic N) is 2. The lowest BCUT2D eigenvalue weighted by molar-refractivity contribution is 0.415. The summed E-state index contributed by atoms with van der Waals surface area (Å²) in [7, 11) is 3.52. The third-order valence-electron chi connectivity index (χ3n) is 2.75. The van der Waals surface area contributed by atoms with Crippen LogP contribution >= 0.6 is 28.1 Å². The fraction of sp³-hybridized carbons (Fsp3) is 0.231. The molecule has 0 aliphatic rings. The topological polar surface area (TPSA) is 51.1 Å². The molecule has 1 aromatic carbocycles.